The zero-order valence-electron chi connectivity index (χ0n) is 12.4. The SMILES string of the molecule is CCCCNC1=C(S(=O)CCCl)C(=O)c2ccccc2C1=O. The number of nitrogens with one attached hydrogen (secondary N) is 1. The number of fused-ring (bicyclic) bond motifs is 1. The summed E-state index contributed by atoms with van der Waals surface area (Å²) in [6.45, 7) is 2.60. The van der Waals surface area contributed by atoms with Gasteiger partial charge in [-0.3, -0.25) is 13.8 Å². The molecule has 0 aliphatic heterocycles. The van der Waals surface area contributed by atoms with Gasteiger partial charge in [-0.05, 0) is 6.42 Å². The van der Waals surface area contributed by atoms with Crippen molar-refractivity contribution in [2.24, 2.45) is 0 Å². The number of hydrogen-bond donors (Lipinski definition) is 1. The Bertz CT molecular complexity index is 655. The molecular formula is C16H18ClNO3S. The molecule has 0 radical (unpaired) electrons. The first-order chi connectivity index (χ1) is 10.6. The average Bonchev–Trinajstić information content (AvgIpc) is 2.52. The topological polar surface area (TPSA) is 63.2 Å². The maximum absolute atomic E-state index is 12.6. The number of hydrogen-bond acceptors (Lipinski definition) is 4. The molecule has 0 aromatic heterocycles. The van der Waals surface area contributed by atoms with Gasteiger partial charge in [0.15, 0.2) is 0 Å². The van der Waals surface area contributed by atoms with E-state index in [2.05, 4.69) is 5.32 Å². The van der Waals surface area contributed by atoms with Crippen LogP contribution in [0.1, 0.15) is 40.5 Å². The van der Waals surface area contributed by atoms with Crippen molar-refractivity contribution in [1.82, 2.24) is 5.32 Å². The number of carbonyl (C=O) groups excluding carboxylic acids is 2. The summed E-state index contributed by atoms with van der Waals surface area (Å²) in [4.78, 5) is 25.3. The van der Waals surface area contributed by atoms with Crippen molar-refractivity contribution in [3.63, 3.8) is 0 Å². The van der Waals surface area contributed by atoms with Gasteiger partial charge in [0.05, 0.1) is 10.8 Å². The van der Waals surface area contributed by atoms with Crippen molar-refractivity contribution in [3.05, 3.63) is 46.0 Å². The fourth-order valence-electron chi connectivity index (χ4n) is 2.29. The molecule has 1 unspecified atom stereocenters. The van der Waals surface area contributed by atoms with Gasteiger partial charge >= 0.3 is 0 Å². The zero-order chi connectivity index (χ0) is 16.1. The second kappa shape index (κ2) is 7.70. The third-order valence-electron chi connectivity index (χ3n) is 3.40. The van der Waals surface area contributed by atoms with E-state index in [1.807, 2.05) is 6.92 Å². The maximum Gasteiger partial charge on any atom is 0.210 e. The van der Waals surface area contributed by atoms with Crippen LogP contribution in [0.15, 0.2) is 34.9 Å². The predicted octanol–water partition coefficient (Wildman–Crippen LogP) is 2.65. The van der Waals surface area contributed by atoms with Crippen LogP contribution in [-0.2, 0) is 10.8 Å². The molecule has 0 spiro atoms. The van der Waals surface area contributed by atoms with Crippen LogP contribution in [0.2, 0.25) is 0 Å². The van der Waals surface area contributed by atoms with Gasteiger partial charge in [-0.2, -0.15) is 0 Å². The molecule has 118 valence electrons. The summed E-state index contributed by atoms with van der Waals surface area (Å²) in [7, 11) is -1.59. The Morgan fingerprint density at radius 3 is 2.36 bits per heavy atom. The summed E-state index contributed by atoms with van der Waals surface area (Å²) in [5.41, 5.74) is 0.838. The third-order valence-corrected chi connectivity index (χ3v) is 5.23. The van der Waals surface area contributed by atoms with E-state index in [-0.39, 0.29) is 33.8 Å². The summed E-state index contributed by atoms with van der Waals surface area (Å²) < 4.78 is 12.4. The molecule has 0 heterocycles. The summed E-state index contributed by atoms with van der Waals surface area (Å²) in [6.07, 6.45) is 1.82. The first-order valence-corrected chi connectivity index (χ1v) is 9.08. The lowest BCUT2D eigenvalue weighted by Gasteiger charge is -2.21. The van der Waals surface area contributed by atoms with Crippen molar-refractivity contribution < 1.29 is 13.8 Å². The van der Waals surface area contributed by atoms with Gasteiger partial charge in [0.2, 0.25) is 11.6 Å². The number of carbonyl (C=O) groups is 2. The molecule has 4 nitrogen and oxygen atoms in total. The van der Waals surface area contributed by atoms with E-state index in [4.69, 9.17) is 11.6 Å². The minimum Gasteiger partial charge on any atom is -0.381 e. The second-order valence-corrected chi connectivity index (χ2v) is 6.81. The highest BCUT2D eigenvalue weighted by Crippen LogP contribution is 2.27. The van der Waals surface area contributed by atoms with E-state index in [0.29, 0.717) is 17.7 Å². The van der Waals surface area contributed by atoms with Crippen LogP contribution in [0, 0.1) is 0 Å². The van der Waals surface area contributed by atoms with Gasteiger partial charge < -0.3 is 5.32 Å². The molecule has 22 heavy (non-hydrogen) atoms. The first-order valence-electron chi connectivity index (χ1n) is 7.22. The molecule has 1 aromatic rings. The number of Topliss-reactive ketones (excluding diaryl/α,β-unsaturated/α-hetero) is 2. The van der Waals surface area contributed by atoms with Crippen LogP contribution in [0.25, 0.3) is 0 Å². The average molecular weight is 340 g/mol. The van der Waals surface area contributed by atoms with E-state index >= 15 is 0 Å². The van der Waals surface area contributed by atoms with E-state index in [1.54, 1.807) is 24.3 Å². The molecule has 6 heteroatoms. The van der Waals surface area contributed by atoms with Crippen molar-refractivity contribution in [1.29, 1.82) is 0 Å². The third kappa shape index (κ3) is 3.31. The highest BCUT2D eigenvalue weighted by atomic mass is 35.5. The van der Waals surface area contributed by atoms with Crippen LogP contribution in [0.4, 0.5) is 0 Å². The lowest BCUT2D eigenvalue weighted by molar-refractivity contribution is 0.0975. The summed E-state index contributed by atoms with van der Waals surface area (Å²) in [5.74, 6) is -0.305. The molecule has 1 aliphatic rings. The summed E-state index contributed by atoms with van der Waals surface area (Å²) in [5, 5.41) is 3.01. The Labute approximate surface area is 137 Å². The molecule has 0 saturated carbocycles. The molecule has 1 atom stereocenters. The zero-order valence-corrected chi connectivity index (χ0v) is 13.9. The molecule has 0 bridgehead atoms. The van der Waals surface area contributed by atoms with E-state index in [0.717, 1.165) is 12.8 Å². The highest BCUT2D eigenvalue weighted by molar-refractivity contribution is 7.90. The second-order valence-electron chi connectivity index (χ2n) is 4.93. The van der Waals surface area contributed by atoms with E-state index in [9.17, 15) is 13.8 Å². The van der Waals surface area contributed by atoms with Crippen LogP contribution < -0.4 is 5.32 Å². The Hall–Kier alpha value is -1.46. The van der Waals surface area contributed by atoms with Crippen LogP contribution in [-0.4, -0.2) is 34.0 Å². The molecule has 1 N–H and O–H groups in total. The molecule has 1 aromatic carbocycles. The fourth-order valence-corrected chi connectivity index (χ4v) is 3.77. The predicted molar refractivity (Wildman–Crippen MR) is 88.8 cm³/mol. The van der Waals surface area contributed by atoms with E-state index < -0.39 is 10.8 Å². The Balaban J connectivity index is 2.47. The largest absolute Gasteiger partial charge is 0.381 e. The first kappa shape index (κ1) is 16.9. The monoisotopic (exact) mass is 339 g/mol. The van der Waals surface area contributed by atoms with Crippen molar-refractivity contribution >= 4 is 34.0 Å². The Kier molecular flexibility index (Phi) is 5.91. The molecule has 1 aliphatic carbocycles. The summed E-state index contributed by atoms with van der Waals surface area (Å²) in [6, 6.07) is 6.63. The van der Waals surface area contributed by atoms with Gasteiger partial charge in [0, 0.05) is 29.3 Å². The summed E-state index contributed by atoms with van der Waals surface area (Å²) >= 11 is 5.64. The molecule has 0 fully saturated rings. The number of unbranched alkanes of at least 4 members (excludes halogenated alkanes) is 1. The van der Waals surface area contributed by atoms with Gasteiger partial charge in [0.25, 0.3) is 0 Å². The molecule has 0 amide bonds. The number of rotatable bonds is 7. The minimum absolute atomic E-state index is 0.0560. The lowest BCUT2D eigenvalue weighted by Crippen LogP contribution is -2.33. The molecular weight excluding hydrogens is 322 g/mol. The number of benzene rings is 1. The van der Waals surface area contributed by atoms with Gasteiger partial charge in [0.1, 0.15) is 10.6 Å². The van der Waals surface area contributed by atoms with Gasteiger partial charge in [-0.25, -0.2) is 0 Å². The molecule has 0 saturated heterocycles. The van der Waals surface area contributed by atoms with Gasteiger partial charge in [-0.15, -0.1) is 11.6 Å². The van der Waals surface area contributed by atoms with Crippen LogP contribution in [0.5, 0.6) is 0 Å². The normalized spacial score (nSPS) is 15.7. The number of allylic oxidation sites excluding steroid dienone is 2. The van der Waals surface area contributed by atoms with Gasteiger partial charge in [-0.1, -0.05) is 37.6 Å². The standard InChI is InChI=1S/C16H18ClNO3S/c1-2-3-9-18-13-14(19)11-6-4-5-7-12(11)15(20)16(13)22(21)10-8-17/h4-7,18H,2-3,8-10H2,1H3. The van der Waals surface area contributed by atoms with Crippen LogP contribution in [0.3, 0.4) is 0 Å². The maximum atomic E-state index is 12.6. The Morgan fingerprint density at radius 2 is 1.77 bits per heavy atom. The Morgan fingerprint density at radius 1 is 1.14 bits per heavy atom. The smallest absolute Gasteiger partial charge is 0.210 e. The van der Waals surface area contributed by atoms with Crippen molar-refractivity contribution in [3.8, 4) is 0 Å². The highest BCUT2D eigenvalue weighted by Gasteiger charge is 2.34. The number of ketones is 2. The minimum atomic E-state index is -1.59. The fraction of sp³-hybridized carbons (Fsp3) is 0.375. The quantitative estimate of drug-likeness (QED) is 0.612. The molecule has 2 rings (SSSR count). The van der Waals surface area contributed by atoms with E-state index in [1.165, 1.54) is 0 Å². The van der Waals surface area contributed by atoms with Crippen molar-refractivity contribution in [2.75, 3.05) is 18.2 Å². The number of alkyl halides is 1. The van der Waals surface area contributed by atoms with Crippen molar-refractivity contribution in [2.45, 2.75) is 19.8 Å². The number of halogens is 1. The van der Waals surface area contributed by atoms with Crippen LogP contribution >= 0.6 is 11.6 Å². The lowest BCUT2D eigenvalue weighted by atomic mass is 9.92.